The van der Waals surface area contributed by atoms with E-state index in [2.05, 4.69) is 15.0 Å². The van der Waals surface area contributed by atoms with Gasteiger partial charge in [-0.1, -0.05) is 0 Å². The van der Waals surface area contributed by atoms with Crippen molar-refractivity contribution >= 4 is 17.1 Å². The Labute approximate surface area is 112 Å². The Morgan fingerprint density at radius 1 is 1.55 bits per heavy atom. The maximum Gasteiger partial charge on any atom is 0.280 e. The summed E-state index contributed by atoms with van der Waals surface area (Å²) in [4.78, 5) is 21.9. The molecule has 0 aliphatic carbocycles. The van der Waals surface area contributed by atoms with Crippen molar-refractivity contribution < 1.29 is 14.9 Å². The number of fused-ring (bicyclic) bond motifs is 1. The zero-order valence-corrected chi connectivity index (χ0v) is 10.3. The Morgan fingerprint density at radius 3 is 2.95 bits per heavy atom. The van der Waals surface area contributed by atoms with Crippen molar-refractivity contribution in [2.24, 2.45) is 5.73 Å². The zero-order chi connectivity index (χ0) is 14.4. The number of aromatic nitrogens is 4. The number of nitrogen functional groups attached to an aromatic ring is 1. The molecule has 3 rings (SSSR count). The molecule has 1 fully saturated rings. The van der Waals surface area contributed by atoms with Crippen LogP contribution in [0.15, 0.2) is 11.1 Å². The van der Waals surface area contributed by atoms with E-state index >= 15 is 0 Å². The van der Waals surface area contributed by atoms with Crippen LogP contribution in [0.2, 0.25) is 0 Å². The second-order valence-corrected chi connectivity index (χ2v) is 4.59. The molecule has 7 N–H and O–H groups in total. The molecule has 0 saturated carbocycles. The van der Waals surface area contributed by atoms with Crippen molar-refractivity contribution in [3.05, 3.63) is 16.7 Å². The number of hydrogen-bond acceptors (Lipinski definition) is 8. The van der Waals surface area contributed by atoms with Gasteiger partial charge in [0.2, 0.25) is 5.95 Å². The third-order valence-corrected chi connectivity index (χ3v) is 3.32. The molecule has 0 amide bonds. The molecule has 1 aliphatic heterocycles. The van der Waals surface area contributed by atoms with Crippen molar-refractivity contribution in [1.82, 2.24) is 19.5 Å². The Morgan fingerprint density at radius 2 is 2.30 bits per heavy atom. The lowest BCUT2D eigenvalue weighted by Crippen LogP contribution is -2.39. The van der Waals surface area contributed by atoms with Crippen LogP contribution in [-0.4, -0.2) is 54.6 Å². The van der Waals surface area contributed by atoms with Crippen LogP contribution < -0.4 is 17.0 Å². The highest BCUT2D eigenvalue weighted by Crippen LogP contribution is 2.29. The summed E-state index contributed by atoms with van der Waals surface area (Å²) in [6.07, 6.45) is -1.28. The smallest absolute Gasteiger partial charge is 0.280 e. The van der Waals surface area contributed by atoms with Crippen molar-refractivity contribution in [3.8, 4) is 0 Å². The van der Waals surface area contributed by atoms with Gasteiger partial charge in [-0.15, -0.1) is 0 Å². The summed E-state index contributed by atoms with van der Waals surface area (Å²) >= 11 is 0. The Hall–Kier alpha value is -2.01. The first-order chi connectivity index (χ1) is 9.52. The number of nitrogens with one attached hydrogen (secondary N) is 1. The number of rotatable bonds is 2. The van der Waals surface area contributed by atoms with E-state index in [4.69, 9.17) is 21.3 Å². The minimum absolute atomic E-state index is 0.0601. The van der Waals surface area contributed by atoms with Crippen LogP contribution in [0.1, 0.15) is 6.23 Å². The topological polar surface area (TPSA) is 165 Å². The second kappa shape index (κ2) is 4.52. The number of H-pyrrole nitrogens is 1. The van der Waals surface area contributed by atoms with E-state index in [0.717, 1.165) is 0 Å². The van der Waals surface area contributed by atoms with Gasteiger partial charge in [-0.05, 0) is 0 Å². The summed E-state index contributed by atoms with van der Waals surface area (Å²) in [6, 6.07) is -0.785. The van der Waals surface area contributed by atoms with E-state index in [0.29, 0.717) is 0 Å². The van der Waals surface area contributed by atoms with Gasteiger partial charge < -0.3 is 26.4 Å². The fourth-order valence-electron chi connectivity index (χ4n) is 2.30. The molecule has 2 aromatic heterocycles. The van der Waals surface area contributed by atoms with Gasteiger partial charge in [0.1, 0.15) is 12.2 Å². The lowest BCUT2D eigenvalue weighted by Gasteiger charge is -2.17. The molecule has 2 unspecified atom stereocenters. The van der Waals surface area contributed by atoms with Crippen LogP contribution in [0.5, 0.6) is 0 Å². The van der Waals surface area contributed by atoms with Crippen LogP contribution in [0.4, 0.5) is 5.95 Å². The molecule has 0 aromatic carbocycles. The average Bonchev–Trinajstić information content (AvgIpc) is 2.93. The summed E-state index contributed by atoms with van der Waals surface area (Å²) in [7, 11) is 0. The first kappa shape index (κ1) is 13.0. The predicted octanol–water partition coefficient (Wildman–Crippen LogP) is -2.72. The molecule has 0 bridgehead atoms. The van der Waals surface area contributed by atoms with Gasteiger partial charge >= 0.3 is 0 Å². The molecule has 10 nitrogen and oxygen atoms in total. The first-order valence-electron chi connectivity index (χ1n) is 5.95. The van der Waals surface area contributed by atoms with Gasteiger partial charge in [-0.25, -0.2) is 4.98 Å². The average molecular weight is 282 g/mol. The van der Waals surface area contributed by atoms with E-state index < -0.39 is 30.0 Å². The Balaban J connectivity index is 2.09. The molecule has 0 spiro atoms. The number of ether oxygens (including phenoxy) is 1. The number of nitrogens with zero attached hydrogens (tertiary/aromatic N) is 3. The number of anilines is 1. The molecule has 10 heteroatoms. The van der Waals surface area contributed by atoms with Gasteiger partial charge in [0.15, 0.2) is 17.4 Å². The van der Waals surface area contributed by atoms with Gasteiger partial charge in [0.25, 0.3) is 5.56 Å². The zero-order valence-electron chi connectivity index (χ0n) is 10.3. The first-order valence-corrected chi connectivity index (χ1v) is 5.95. The van der Waals surface area contributed by atoms with Crippen molar-refractivity contribution in [3.63, 3.8) is 0 Å². The lowest BCUT2D eigenvalue weighted by molar-refractivity contribution is -0.0437. The van der Waals surface area contributed by atoms with E-state index in [1.807, 2.05) is 0 Å². The second-order valence-electron chi connectivity index (χ2n) is 4.59. The number of imidazole rings is 1. The molecule has 20 heavy (non-hydrogen) atoms. The molecule has 0 radical (unpaired) electrons. The maximum absolute atomic E-state index is 11.7. The molecular weight excluding hydrogens is 268 g/mol. The standard InChI is InChI=1S/C10H14N6O4/c11-4-6(18)3(1-17)20-9(4)16-2-13-5-7(16)14-10(12)15-8(5)19/h2-4,6,9,17-18H,1,11H2,(H3,12,14,15,19)/t3-,4?,6?,9-/m1/s1. The molecule has 108 valence electrons. The van der Waals surface area contributed by atoms with Gasteiger partial charge in [-0.2, -0.15) is 4.98 Å². The molecule has 3 heterocycles. The van der Waals surface area contributed by atoms with Crippen LogP contribution >= 0.6 is 0 Å². The fourth-order valence-corrected chi connectivity index (χ4v) is 2.30. The summed E-state index contributed by atoms with van der Waals surface area (Å²) in [5, 5.41) is 19.0. The van der Waals surface area contributed by atoms with Crippen LogP contribution in [-0.2, 0) is 4.74 Å². The van der Waals surface area contributed by atoms with E-state index in [1.54, 1.807) is 0 Å². The third kappa shape index (κ3) is 1.78. The highest BCUT2D eigenvalue weighted by Gasteiger charge is 2.42. The number of aliphatic hydroxyl groups is 2. The molecular formula is C10H14N6O4. The van der Waals surface area contributed by atoms with E-state index in [1.165, 1.54) is 10.9 Å². The Bertz CT molecular complexity index is 697. The van der Waals surface area contributed by atoms with Crippen LogP contribution in [0, 0.1) is 0 Å². The molecule has 4 atom stereocenters. The fraction of sp³-hybridized carbons (Fsp3) is 0.500. The molecule has 1 saturated heterocycles. The van der Waals surface area contributed by atoms with Crippen molar-refractivity contribution in [1.29, 1.82) is 0 Å². The number of nitrogens with two attached hydrogens (primary N) is 2. The largest absolute Gasteiger partial charge is 0.394 e. The van der Waals surface area contributed by atoms with Gasteiger partial charge in [-0.3, -0.25) is 14.3 Å². The van der Waals surface area contributed by atoms with E-state index in [-0.39, 0.29) is 23.7 Å². The highest BCUT2D eigenvalue weighted by molar-refractivity contribution is 5.70. The summed E-state index contributed by atoms with van der Waals surface area (Å²) < 4.78 is 6.89. The SMILES string of the molecule is Nc1nc2c(ncn2[C@@H]2O[C@H](CO)C(O)C2N)c(=O)[nH]1. The van der Waals surface area contributed by atoms with Crippen molar-refractivity contribution in [2.45, 2.75) is 24.5 Å². The summed E-state index contributed by atoms with van der Waals surface area (Å²) in [5.74, 6) is -0.0601. The highest BCUT2D eigenvalue weighted by atomic mass is 16.5. The Kier molecular flexibility index (Phi) is 2.94. The van der Waals surface area contributed by atoms with Gasteiger partial charge in [0, 0.05) is 0 Å². The molecule has 2 aromatic rings. The normalized spacial score (nSPS) is 30.1. The van der Waals surface area contributed by atoms with Crippen LogP contribution in [0.25, 0.3) is 11.2 Å². The monoisotopic (exact) mass is 282 g/mol. The number of aliphatic hydroxyl groups excluding tert-OH is 2. The predicted molar refractivity (Wildman–Crippen MR) is 67.5 cm³/mol. The third-order valence-electron chi connectivity index (χ3n) is 3.32. The summed E-state index contributed by atoms with van der Waals surface area (Å²) in [5.41, 5.74) is 11.2. The lowest BCUT2D eigenvalue weighted by atomic mass is 10.1. The molecule has 1 aliphatic rings. The van der Waals surface area contributed by atoms with Crippen molar-refractivity contribution in [2.75, 3.05) is 12.3 Å². The summed E-state index contributed by atoms with van der Waals surface area (Å²) in [6.45, 7) is -0.367. The minimum Gasteiger partial charge on any atom is -0.394 e. The maximum atomic E-state index is 11.7. The number of hydrogen-bond donors (Lipinski definition) is 5. The van der Waals surface area contributed by atoms with Crippen LogP contribution in [0.3, 0.4) is 0 Å². The van der Waals surface area contributed by atoms with Gasteiger partial charge in [0.05, 0.1) is 19.0 Å². The number of aromatic amines is 1. The minimum atomic E-state index is -1.03. The van der Waals surface area contributed by atoms with E-state index in [9.17, 15) is 9.90 Å². The quantitative estimate of drug-likeness (QED) is 0.396.